The Hall–Kier alpha value is -3.57. The second kappa shape index (κ2) is 10.8. The van der Waals surface area contributed by atoms with Gasteiger partial charge in [-0.1, -0.05) is 86.6 Å². The van der Waals surface area contributed by atoms with Crippen molar-refractivity contribution in [3.8, 4) is 11.1 Å². The van der Waals surface area contributed by atoms with Gasteiger partial charge < -0.3 is 20.3 Å². The molecule has 0 radical (unpaired) electrons. The molecule has 3 aromatic carbocycles. The molecular weight excluding hydrogens is 408 g/mol. The molecule has 4 rings (SSSR count). The Morgan fingerprint density at radius 3 is 2.21 bits per heavy atom. The first kappa shape index (κ1) is 22.6. The normalized spacial score (nSPS) is 15.5. The van der Waals surface area contributed by atoms with Crippen LogP contribution in [0.3, 0.4) is 0 Å². The number of benzene rings is 3. The highest BCUT2D eigenvalue weighted by Gasteiger charge is 2.24. The zero-order chi connectivity index (χ0) is 23.0. The van der Waals surface area contributed by atoms with E-state index >= 15 is 0 Å². The lowest BCUT2D eigenvalue weighted by Gasteiger charge is -2.33. The molecule has 1 aliphatic heterocycles. The summed E-state index contributed by atoms with van der Waals surface area (Å²) in [5, 5.41) is 15.8. The first-order valence-corrected chi connectivity index (χ1v) is 11.4. The SMILES string of the molecule is CC(C)CN1COC/C(=C(/NCc2ccc(-c3ccccc3)cc2)Nc2ccccc2)C1=N. The monoisotopic (exact) mass is 440 g/mol. The molecule has 1 heterocycles. The fraction of sp³-hybridized carbons (Fsp3) is 0.250. The summed E-state index contributed by atoms with van der Waals surface area (Å²) in [4.78, 5) is 1.99. The first-order valence-electron chi connectivity index (χ1n) is 11.4. The van der Waals surface area contributed by atoms with E-state index in [0.29, 0.717) is 31.6 Å². The fourth-order valence-corrected chi connectivity index (χ4v) is 3.89. The molecule has 0 unspecified atom stereocenters. The first-order chi connectivity index (χ1) is 16.1. The highest BCUT2D eigenvalue weighted by molar-refractivity contribution is 5.97. The van der Waals surface area contributed by atoms with Crippen LogP contribution in [0.2, 0.25) is 0 Å². The number of hydrogen-bond acceptors (Lipinski definition) is 4. The largest absolute Gasteiger partial charge is 0.367 e. The van der Waals surface area contributed by atoms with Crippen LogP contribution >= 0.6 is 0 Å². The van der Waals surface area contributed by atoms with Crippen LogP contribution in [-0.4, -0.2) is 30.6 Å². The molecule has 1 fully saturated rings. The molecule has 170 valence electrons. The summed E-state index contributed by atoms with van der Waals surface area (Å²) >= 11 is 0. The van der Waals surface area contributed by atoms with Crippen LogP contribution in [0.15, 0.2) is 96.3 Å². The molecule has 3 aromatic rings. The van der Waals surface area contributed by atoms with E-state index in [4.69, 9.17) is 10.1 Å². The van der Waals surface area contributed by atoms with Gasteiger partial charge in [0.1, 0.15) is 18.4 Å². The molecule has 0 aliphatic carbocycles. The molecule has 1 saturated heterocycles. The standard InChI is InChI=1S/C28H32N4O/c1-21(2)18-32-20-33-19-26(27(32)29)28(31-25-11-7-4-8-12-25)30-17-22-13-15-24(16-14-22)23-9-5-3-6-10-23/h3-16,21,29-31H,17-20H2,1-2H3/b28-26+,29-27?. The Labute approximate surface area is 196 Å². The third kappa shape index (κ3) is 6.02. The van der Waals surface area contributed by atoms with E-state index < -0.39 is 0 Å². The maximum absolute atomic E-state index is 8.81. The van der Waals surface area contributed by atoms with Crippen molar-refractivity contribution in [2.24, 2.45) is 5.92 Å². The number of nitrogens with one attached hydrogen (secondary N) is 3. The molecule has 0 atom stereocenters. The van der Waals surface area contributed by atoms with E-state index in [-0.39, 0.29) is 0 Å². The van der Waals surface area contributed by atoms with Gasteiger partial charge in [0.2, 0.25) is 0 Å². The predicted molar refractivity (Wildman–Crippen MR) is 136 cm³/mol. The van der Waals surface area contributed by atoms with Gasteiger partial charge in [0.05, 0.1) is 12.2 Å². The number of amidine groups is 1. The van der Waals surface area contributed by atoms with Crippen molar-refractivity contribution in [3.63, 3.8) is 0 Å². The molecule has 5 heteroatoms. The summed E-state index contributed by atoms with van der Waals surface area (Å²) in [6, 6.07) is 29.0. The lowest BCUT2D eigenvalue weighted by Crippen LogP contribution is -2.43. The molecular formula is C28H32N4O. The van der Waals surface area contributed by atoms with Gasteiger partial charge >= 0.3 is 0 Å². The molecule has 5 nitrogen and oxygen atoms in total. The van der Waals surface area contributed by atoms with Crippen molar-refractivity contribution in [2.75, 3.05) is 25.2 Å². The summed E-state index contributed by atoms with van der Waals surface area (Å²) < 4.78 is 5.85. The Bertz CT molecular complexity index is 1080. The summed E-state index contributed by atoms with van der Waals surface area (Å²) in [6.45, 7) is 6.62. The van der Waals surface area contributed by atoms with Crippen LogP contribution < -0.4 is 10.6 Å². The summed E-state index contributed by atoms with van der Waals surface area (Å²) in [5.41, 5.74) is 5.40. The quantitative estimate of drug-likeness (QED) is 0.421. The summed E-state index contributed by atoms with van der Waals surface area (Å²) in [7, 11) is 0. The minimum Gasteiger partial charge on any atom is -0.367 e. The van der Waals surface area contributed by atoms with E-state index in [1.165, 1.54) is 16.7 Å². The van der Waals surface area contributed by atoms with Gasteiger partial charge in [-0.15, -0.1) is 0 Å². The van der Waals surface area contributed by atoms with Crippen molar-refractivity contribution < 1.29 is 4.74 Å². The van der Waals surface area contributed by atoms with E-state index in [1.807, 2.05) is 41.3 Å². The van der Waals surface area contributed by atoms with Crippen molar-refractivity contribution in [3.05, 3.63) is 102 Å². The lowest BCUT2D eigenvalue weighted by atomic mass is 10.0. The Kier molecular flexibility index (Phi) is 7.43. The Morgan fingerprint density at radius 2 is 1.55 bits per heavy atom. The number of ether oxygens (including phenoxy) is 1. The average molecular weight is 441 g/mol. The van der Waals surface area contributed by atoms with Crippen molar-refractivity contribution in [1.29, 1.82) is 5.41 Å². The van der Waals surface area contributed by atoms with Crippen molar-refractivity contribution in [1.82, 2.24) is 10.2 Å². The van der Waals surface area contributed by atoms with Gasteiger partial charge in [0.25, 0.3) is 0 Å². The molecule has 0 spiro atoms. The fourth-order valence-electron chi connectivity index (χ4n) is 3.89. The Morgan fingerprint density at radius 1 is 0.909 bits per heavy atom. The smallest absolute Gasteiger partial charge is 0.131 e. The van der Waals surface area contributed by atoms with Gasteiger partial charge in [-0.2, -0.15) is 0 Å². The van der Waals surface area contributed by atoms with Gasteiger partial charge in [-0.3, -0.25) is 5.41 Å². The van der Waals surface area contributed by atoms with Gasteiger partial charge in [0, 0.05) is 18.8 Å². The van der Waals surface area contributed by atoms with E-state index in [9.17, 15) is 0 Å². The highest BCUT2D eigenvalue weighted by Crippen LogP contribution is 2.21. The second-order valence-electron chi connectivity index (χ2n) is 8.70. The topological polar surface area (TPSA) is 60.4 Å². The maximum atomic E-state index is 8.81. The van der Waals surface area contributed by atoms with Crippen molar-refractivity contribution >= 4 is 11.5 Å². The molecule has 0 saturated carbocycles. The van der Waals surface area contributed by atoms with E-state index in [0.717, 1.165) is 23.6 Å². The predicted octanol–water partition coefficient (Wildman–Crippen LogP) is 5.69. The number of anilines is 1. The molecule has 3 N–H and O–H groups in total. The average Bonchev–Trinajstić information content (AvgIpc) is 2.84. The third-order valence-electron chi connectivity index (χ3n) is 5.56. The van der Waals surface area contributed by atoms with Crippen LogP contribution in [0.4, 0.5) is 5.69 Å². The second-order valence-corrected chi connectivity index (χ2v) is 8.70. The maximum Gasteiger partial charge on any atom is 0.131 e. The zero-order valence-electron chi connectivity index (χ0n) is 19.3. The summed E-state index contributed by atoms with van der Waals surface area (Å²) in [6.07, 6.45) is 0. The number of para-hydroxylation sites is 1. The van der Waals surface area contributed by atoms with Crippen LogP contribution in [0.5, 0.6) is 0 Å². The van der Waals surface area contributed by atoms with E-state index in [2.05, 4.69) is 73.0 Å². The minimum absolute atomic E-state index is 0.405. The lowest BCUT2D eigenvalue weighted by molar-refractivity contribution is 0.0591. The van der Waals surface area contributed by atoms with Crippen LogP contribution in [0.25, 0.3) is 11.1 Å². The highest BCUT2D eigenvalue weighted by atomic mass is 16.5. The molecule has 33 heavy (non-hydrogen) atoms. The Balaban J connectivity index is 1.54. The molecule has 0 amide bonds. The third-order valence-corrected chi connectivity index (χ3v) is 5.56. The number of hydrogen-bond donors (Lipinski definition) is 3. The summed E-state index contributed by atoms with van der Waals surface area (Å²) in [5.74, 6) is 1.78. The van der Waals surface area contributed by atoms with Gasteiger partial charge in [-0.05, 0) is 34.7 Å². The zero-order valence-corrected chi connectivity index (χ0v) is 19.3. The van der Waals surface area contributed by atoms with Gasteiger partial charge in [0.15, 0.2) is 0 Å². The number of nitrogens with zero attached hydrogens (tertiary/aromatic N) is 1. The van der Waals surface area contributed by atoms with E-state index in [1.54, 1.807) is 0 Å². The van der Waals surface area contributed by atoms with Crippen LogP contribution in [-0.2, 0) is 11.3 Å². The van der Waals surface area contributed by atoms with Crippen LogP contribution in [0.1, 0.15) is 19.4 Å². The molecule has 0 aromatic heterocycles. The van der Waals surface area contributed by atoms with Crippen LogP contribution in [0, 0.1) is 11.3 Å². The van der Waals surface area contributed by atoms with Gasteiger partial charge in [-0.25, -0.2) is 0 Å². The minimum atomic E-state index is 0.405. The molecule has 0 bridgehead atoms. The number of rotatable bonds is 8. The molecule has 1 aliphatic rings. The van der Waals surface area contributed by atoms with Crippen molar-refractivity contribution in [2.45, 2.75) is 20.4 Å².